The summed E-state index contributed by atoms with van der Waals surface area (Å²) in [5, 5.41) is 10.4. The van der Waals surface area contributed by atoms with E-state index < -0.39 is 0 Å². The smallest absolute Gasteiger partial charge is 0.221 e. The van der Waals surface area contributed by atoms with Crippen molar-refractivity contribution < 1.29 is 4.79 Å². The molecule has 1 aromatic rings. The van der Waals surface area contributed by atoms with Gasteiger partial charge in [-0.15, -0.1) is 0 Å². The molecule has 1 aromatic heterocycles. The number of rotatable bonds is 6. The average Bonchev–Trinajstić information content (AvgIpc) is 2.59. The van der Waals surface area contributed by atoms with Gasteiger partial charge in [0.1, 0.15) is 0 Å². The van der Waals surface area contributed by atoms with E-state index in [1.807, 2.05) is 11.6 Å². The third-order valence-corrected chi connectivity index (χ3v) is 2.91. The molecule has 0 saturated heterocycles. The summed E-state index contributed by atoms with van der Waals surface area (Å²) in [5.41, 5.74) is 3.43. The molecule has 96 valence electrons. The van der Waals surface area contributed by atoms with Gasteiger partial charge >= 0.3 is 0 Å². The van der Waals surface area contributed by atoms with Gasteiger partial charge in [-0.2, -0.15) is 5.10 Å². The Morgan fingerprint density at radius 3 is 2.71 bits per heavy atom. The second-order valence-electron chi connectivity index (χ2n) is 4.08. The molecule has 0 aliphatic rings. The van der Waals surface area contributed by atoms with Gasteiger partial charge < -0.3 is 10.6 Å². The summed E-state index contributed by atoms with van der Waals surface area (Å²) in [6, 6.07) is 0. The molecule has 17 heavy (non-hydrogen) atoms. The first-order chi connectivity index (χ1) is 8.10. The van der Waals surface area contributed by atoms with Crippen LogP contribution in [0.15, 0.2) is 0 Å². The first-order valence-corrected chi connectivity index (χ1v) is 6.04. The molecule has 0 aromatic carbocycles. The van der Waals surface area contributed by atoms with Crippen LogP contribution in [-0.4, -0.2) is 29.3 Å². The van der Waals surface area contributed by atoms with Crippen LogP contribution in [0.2, 0.25) is 0 Å². The third-order valence-electron chi connectivity index (χ3n) is 2.91. The van der Waals surface area contributed by atoms with E-state index in [-0.39, 0.29) is 5.91 Å². The second-order valence-corrected chi connectivity index (χ2v) is 4.08. The SMILES string of the molecule is CCNCc1c(C)nn(CCC(=O)NC)c1C. The molecule has 0 fully saturated rings. The Balaban J connectivity index is 2.70. The number of carbonyl (C=O) groups excluding carboxylic acids is 1. The lowest BCUT2D eigenvalue weighted by Gasteiger charge is -2.05. The van der Waals surface area contributed by atoms with Crippen LogP contribution in [0.1, 0.15) is 30.3 Å². The molecular formula is C12H22N4O. The van der Waals surface area contributed by atoms with Crippen molar-refractivity contribution in [1.29, 1.82) is 0 Å². The minimum absolute atomic E-state index is 0.0470. The molecule has 1 rings (SSSR count). The maximum atomic E-state index is 11.2. The molecule has 0 radical (unpaired) electrons. The Morgan fingerprint density at radius 2 is 2.12 bits per heavy atom. The zero-order chi connectivity index (χ0) is 12.8. The second kappa shape index (κ2) is 6.39. The van der Waals surface area contributed by atoms with Gasteiger partial charge in [-0.05, 0) is 20.4 Å². The summed E-state index contributed by atoms with van der Waals surface area (Å²) in [5.74, 6) is 0.0470. The lowest BCUT2D eigenvalue weighted by Crippen LogP contribution is -2.20. The van der Waals surface area contributed by atoms with E-state index in [4.69, 9.17) is 0 Å². The number of nitrogens with zero attached hydrogens (tertiary/aromatic N) is 2. The van der Waals surface area contributed by atoms with Gasteiger partial charge in [0, 0.05) is 37.8 Å². The minimum Gasteiger partial charge on any atom is -0.359 e. The highest BCUT2D eigenvalue weighted by Crippen LogP contribution is 2.13. The predicted octanol–water partition coefficient (Wildman–Crippen LogP) is 0.746. The normalized spacial score (nSPS) is 10.6. The van der Waals surface area contributed by atoms with Gasteiger partial charge in [-0.1, -0.05) is 6.92 Å². The number of hydrogen-bond acceptors (Lipinski definition) is 3. The van der Waals surface area contributed by atoms with Crippen LogP contribution >= 0.6 is 0 Å². The lowest BCUT2D eigenvalue weighted by molar-refractivity contribution is -0.120. The van der Waals surface area contributed by atoms with E-state index in [9.17, 15) is 4.79 Å². The molecule has 5 heteroatoms. The molecular weight excluding hydrogens is 216 g/mol. The standard InChI is InChI=1S/C12H22N4O/c1-5-14-8-11-9(2)15-16(10(11)3)7-6-12(17)13-4/h14H,5-8H2,1-4H3,(H,13,17). The first-order valence-electron chi connectivity index (χ1n) is 6.04. The van der Waals surface area contributed by atoms with Gasteiger partial charge in [-0.3, -0.25) is 9.48 Å². The largest absolute Gasteiger partial charge is 0.359 e. The van der Waals surface area contributed by atoms with Crippen molar-refractivity contribution >= 4 is 5.91 Å². The van der Waals surface area contributed by atoms with Crippen molar-refractivity contribution in [3.05, 3.63) is 17.0 Å². The maximum absolute atomic E-state index is 11.2. The fourth-order valence-corrected chi connectivity index (χ4v) is 1.79. The number of carbonyl (C=O) groups is 1. The Morgan fingerprint density at radius 1 is 1.41 bits per heavy atom. The number of aryl methyl sites for hydroxylation is 2. The first kappa shape index (κ1) is 13.7. The van der Waals surface area contributed by atoms with E-state index in [2.05, 4.69) is 29.6 Å². The van der Waals surface area contributed by atoms with Gasteiger partial charge in [0.15, 0.2) is 0 Å². The topological polar surface area (TPSA) is 59.0 Å². The zero-order valence-corrected chi connectivity index (χ0v) is 11.1. The number of aromatic nitrogens is 2. The molecule has 5 nitrogen and oxygen atoms in total. The van der Waals surface area contributed by atoms with Crippen LogP contribution in [0.25, 0.3) is 0 Å². The quantitative estimate of drug-likeness (QED) is 0.768. The zero-order valence-electron chi connectivity index (χ0n) is 11.1. The van der Waals surface area contributed by atoms with Gasteiger partial charge in [0.05, 0.1) is 5.69 Å². The Labute approximate surface area is 103 Å². The summed E-state index contributed by atoms with van der Waals surface area (Å²) in [6.45, 7) is 8.57. The summed E-state index contributed by atoms with van der Waals surface area (Å²) in [6.07, 6.45) is 0.471. The molecule has 0 bridgehead atoms. The van der Waals surface area contributed by atoms with Crippen LogP contribution in [0.5, 0.6) is 0 Å². The molecule has 1 amide bonds. The summed E-state index contributed by atoms with van der Waals surface area (Å²) >= 11 is 0. The summed E-state index contributed by atoms with van der Waals surface area (Å²) < 4.78 is 1.91. The number of nitrogens with one attached hydrogen (secondary N) is 2. The Bertz CT molecular complexity index is 384. The van der Waals surface area contributed by atoms with Crippen LogP contribution in [-0.2, 0) is 17.9 Å². The van der Waals surface area contributed by atoms with Gasteiger partial charge in [0.25, 0.3) is 0 Å². The van der Waals surface area contributed by atoms with Crippen LogP contribution in [0.4, 0.5) is 0 Å². The fraction of sp³-hybridized carbons (Fsp3) is 0.667. The van der Waals surface area contributed by atoms with Crippen molar-refractivity contribution in [3.8, 4) is 0 Å². The molecule has 0 aliphatic heterocycles. The van der Waals surface area contributed by atoms with E-state index >= 15 is 0 Å². The lowest BCUT2D eigenvalue weighted by atomic mass is 10.2. The highest BCUT2D eigenvalue weighted by atomic mass is 16.1. The minimum atomic E-state index is 0.0470. The predicted molar refractivity (Wildman–Crippen MR) is 67.8 cm³/mol. The Hall–Kier alpha value is -1.36. The van der Waals surface area contributed by atoms with Gasteiger partial charge in [0.2, 0.25) is 5.91 Å². The molecule has 1 heterocycles. The van der Waals surface area contributed by atoms with Gasteiger partial charge in [-0.25, -0.2) is 0 Å². The Kier molecular flexibility index (Phi) is 5.15. The monoisotopic (exact) mass is 238 g/mol. The van der Waals surface area contributed by atoms with Crippen molar-refractivity contribution in [2.75, 3.05) is 13.6 Å². The average molecular weight is 238 g/mol. The number of amides is 1. The van der Waals surface area contributed by atoms with Crippen molar-refractivity contribution in [2.24, 2.45) is 0 Å². The molecule has 0 aliphatic carbocycles. The van der Waals surface area contributed by atoms with E-state index in [1.54, 1.807) is 7.05 Å². The van der Waals surface area contributed by atoms with Crippen molar-refractivity contribution in [1.82, 2.24) is 20.4 Å². The van der Waals surface area contributed by atoms with E-state index in [0.29, 0.717) is 13.0 Å². The van der Waals surface area contributed by atoms with Crippen LogP contribution < -0.4 is 10.6 Å². The highest BCUT2D eigenvalue weighted by Gasteiger charge is 2.11. The summed E-state index contributed by atoms with van der Waals surface area (Å²) in [7, 11) is 1.65. The van der Waals surface area contributed by atoms with Crippen LogP contribution in [0.3, 0.4) is 0 Å². The molecule has 2 N–H and O–H groups in total. The molecule has 0 saturated carbocycles. The van der Waals surface area contributed by atoms with E-state index in [0.717, 1.165) is 24.5 Å². The molecule has 0 spiro atoms. The van der Waals surface area contributed by atoms with Crippen LogP contribution in [0, 0.1) is 13.8 Å². The summed E-state index contributed by atoms with van der Waals surface area (Å²) in [4.78, 5) is 11.2. The van der Waals surface area contributed by atoms with Crippen molar-refractivity contribution in [3.63, 3.8) is 0 Å². The third kappa shape index (κ3) is 3.56. The molecule has 0 unspecified atom stereocenters. The highest BCUT2D eigenvalue weighted by molar-refractivity contribution is 5.75. The fourth-order valence-electron chi connectivity index (χ4n) is 1.79. The maximum Gasteiger partial charge on any atom is 0.221 e. The number of hydrogen-bond donors (Lipinski definition) is 2. The van der Waals surface area contributed by atoms with E-state index in [1.165, 1.54) is 5.56 Å². The van der Waals surface area contributed by atoms with Crippen molar-refractivity contribution in [2.45, 2.75) is 40.3 Å². The molecule has 0 atom stereocenters.